The number of amides is 1. The van der Waals surface area contributed by atoms with Gasteiger partial charge >= 0.3 is 0 Å². The highest BCUT2D eigenvalue weighted by molar-refractivity contribution is 6.34. The van der Waals surface area contributed by atoms with Crippen molar-refractivity contribution in [2.24, 2.45) is 0 Å². The van der Waals surface area contributed by atoms with Crippen LogP contribution in [0.15, 0.2) is 28.9 Å². The lowest BCUT2D eigenvalue weighted by Gasteiger charge is -2.03. The molecule has 2 aromatic rings. The van der Waals surface area contributed by atoms with Gasteiger partial charge in [0.2, 0.25) is 5.82 Å². The van der Waals surface area contributed by atoms with Crippen LogP contribution in [0, 0.1) is 0 Å². The molecule has 0 saturated heterocycles. The molecule has 0 radical (unpaired) electrons. The first-order chi connectivity index (χ1) is 8.22. The van der Waals surface area contributed by atoms with Gasteiger partial charge in [-0.3, -0.25) is 4.79 Å². The smallest absolute Gasteiger partial charge is 0.258 e. The molecule has 17 heavy (non-hydrogen) atoms. The maximum Gasteiger partial charge on any atom is 0.258 e. The lowest BCUT2D eigenvalue weighted by molar-refractivity contribution is 0.102. The number of halogens is 1. The normalized spacial score (nSPS) is 10.2. The number of anilines is 1. The van der Waals surface area contributed by atoms with Crippen LogP contribution in [0.5, 0.6) is 0 Å². The zero-order chi connectivity index (χ0) is 12.3. The minimum atomic E-state index is -0.332. The lowest BCUT2D eigenvalue weighted by atomic mass is 10.2. The van der Waals surface area contributed by atoms with Gasteiger partial charge in [-0.25, -0.2) is 4.63 Å². The van der Waals surface area contributed by atoms with Crippen LogP contribution in [-0.4, -0.2) is 16.2 Å². The molecule has 0 fully saturated rings. The van der Waals surface area contributed by atoms with E-state index in [4.69, 9.17) is 11.6 Å². The molecule has 2 rings (SSSR count). The van der Waals surface area contributed by atoms with E-state index in [0.29, 0.717) is 28.5 Å². The minimum absolute atomic E-state index is 0.331. The Morgan fingerprint density at radius 1 is 1.41 bits per heavy atom. The molecule has 1 amide bonds. The van der Waals surface area contributed by atoms with E-state index < -0.39 is 0 Å². The van der Waals surface area contributed by atoms with Gasteiger partial charge in [-0.15, -0.1) is 0 Å². The summed E-state index contributed by atoms with van der Waals surface area (Å²) >= 11 is 5.91. The highest BCUT2D eigenvalue weighted by Crippen LogP contribution is 2.17. The number of aromatic nitrogens is 2. The third-order valence-corrected chi connectivity index (χ3v) is 2.57. The second-order valence-electron chi connectivity index (χ2n) is 3.35. The molecule has 0 unspecified atom stereocenters. The van der Waals surface area contributed by atoms with Gasteiger partial charge in [0, 0.05) is 0 Å². The van der Waals surface area contributed by atoms with Crippen LogP contribution in [0.4, 0.5) is 5.82 Å². The predicted molar refractivity (Wildman–Crippen MR) is 63.1 cm³/mol. The molecule has 0 atom stereocenters. The largest absolute Gasteiger partial charge is 0.302 e. The Morgan fingerprint density at radius 2 is 2.18 bits per heavy atom. The molecule has 0 aliphatic rings. The van der Waals surface area contributed by atoms with Crippen LogP contribution in [-0.2, 0) is 6.42 Å². The van der Waals surface area contributed by atoms with E-state index in [1.54, 1.807) is 24.3 Å². The van der Waals surface area contributed by atoms with E-state index in [2.05, 4.69) is 20.3 Å². The minimum Gasteiger partial charge on any atom is -0.302 e. The zero-order valence-corrected chi connectivity index (χ0v) is 9.86. The van der Waals surface area contributed by atoms with Gasteiger partial charge in [-0.2, -0.15) is 0 Å². The average molecular weight is 252 g/mol. The first-order valence-corrected chi connectivity index (χ1v) is 5.47. The fourth-order valence-electron chi connectivity index (χ4n) is 1.35. The van der Waals surface area contributed by atoms with Crippen molar-refractivity contribution in [1.82, 2.24) is 10.3 Å². The molecular formula is C11H10ClN3O2. The zero-order valence-electron chi connectivity index (χ0n) is 9.11. The Balaban J connectivity index is 2.20. The molecule has 1 N–H and O–H groups in total. The highest BCUT2D eigenvalue weighted by atomic mass is 35.5. The Bertz CT molecular complexity index is 539. The Morgan fingerprint density at radius 3 is 2.88 bits per heavy atom. The van der Waals surface area contributed by atoms with Gasteiger partial charge in [0.05, 0.1) is 10.6 Å². The summed E-state index contributed by atoms with van der Waals surface area (Å²) in [6.07, 6.45) is 0.627. The molecule has 1 aromatic heterocycles. The quantitative estimate of drug-likeness (QED) is 0.910. The van der Waals surface area contributed by atoms with Crippen molar-refractivity contribution in [2.75, 3.05) is 5.32 Å². The second kappa shape index (κ2) is 4.97. The Hall–Kier alpha value is -1.88. The Kier molecular flexibility index (Phi) is 3.39. The van der Waals surface area contributed by atoms with E-state index in [1.165, 1.54) is 0 Å². The molecule has 0 aliphatic heterocycles. The summed E-state index contributed by atoms with van der Waals surface area (Å²) in [6.45, 7) is 1.89. The summed E-state index contributed by atoms with van der Waals surface area (Å²) in [5, 5.41) is 10.3. The summed E-state index contributed by atoms with van der Waals surface area (Å²) < 4.78 is 4.56. The first kappa shape index (κ1) is 11.6. The molecule has 0 spiro atoms. The second-order valence-corrected chi connectivity index (χ2v) is 3.75. The van der Waals surface area contributed by atoms with Crippen LogP contribution in [0.2, 0.25) is 5.02 Å². The molecule has 88 valence electrons. The van der Waals surface area contributed by atoms with Gasteiger partial charge in [-0.1, -0.05) is 35.8 Å². The molecule has 1 aromatic carbocycles. The fraction of sp³-hybridized carbons (Fsp3) is 0.182. The Labute approximate surface area is 103 Å². The number of hydrogen-bond acceptors (Lipinski definition) is 4. The number of carbonyl (C=O) groups excluding carboxylic acids is 1. The number of benzene rings is 1. The van der Waals surface area contributed by atoms with Crippen molar-refractivity contribution in [3.8, 4) is 0 Å². The number of nitrogens with zero attached hydrogens (tertiary/aromatic N) is 2. The molecule has 0 saturated carbocycles. The third kappa shape index (κ3) is 2.45. The molecule has 0 bridgehead atoms. The van der Waals surface area contributed by atoms with Gasteiger partial charge in [0.25, 0.3) is 5.91 Å². The third-order valence-electron chi connectivity index (χ3n) is 2.24. The van der Waals surface area contributed by atoms with Crippen LogP contribution < -0.4 is 5.32 Å². The maximum absolute atomic E-state index is 11.9. The van der Waals surface area contributed by atoms with E-state index in [9.17, 15) is 4.79 Å². The lowest BCUT2D eigenvalue weighted by Crippen LogP contribution is -2.13. The van der Waals surface area contributed by atoms with E-state index in [0.717, 1.165) is 0 Å². The average Bonchev–Trinajstić information content (AvgIpc) is 2.76. The molecule has 6 heteroatoms. The highest BCUT2D eigenvalue weighted by Gasteiger charge is 2.14. The monoisotopic (exact) mass is 251 g/mol. The number of nitrogens with one attached hydrogen (secondary N) is 1. The number of aryl methyl sites for hydroxylation is 1. The summed E-state index contributed by atoms with van der Waals surface area (Å²) in [5.74, 6) is -0.00146. The van der Waals surface area contributed by atoms with Gasteiger partial charge in [0.1, 0.15) is 5.69 Å². The molecule has 1 heterocycles. The predicted octanol–water partition coefficient (Wildman–Crippen LogP) is 2.54. The van der Waals surface area contributed by atoms with Gasteiger partial charge < -0.3 is 5.32 Å². The van der Waals surface area contributed by atoms with Crippen LogP contribution >= 0.6 is 11.6 Å². The van der Waals surface area contributed by atoms with E-state index in [-0.39, 0.29) is 5.91 Å². The van der Waals surface area contributed by atoms with Gasteiger partial charge in [-0.05, 0) is 23.7 Å². The van der Waals surface area contributed by atoms with Crippen LogP contribution in [0.3, 0.4) is 0 Å². The standard InChI is InChI=1S/C11H10ClN3O2/c1-2-9-10(15-17-14-9)13-11(16)7-5-3-4-6-8(7)12/h3-6H,2H2,1H3,(H,13,15,16). The number of rotatable bonds is 3. The summed E-state index contributed by atoms with van der Waals surface area (Å²) in [7, 11) is 0. The summed E-state index contributed by atoms with van der Waals surface area (Å²) in [6, 6.07) is 6.78. The molecule has 0 aliphatic carbocycles. The van der Waals surface area contributed by atoms with E-state index in [1.807, 2.05) is 6.92 Å². The SMILES string of the molecule is CCc1nonc1NC(=O)c1ccccc1Cl. The van der Waals surface area contributed by atoms with Crippen molar-refractivity contribution in [1.29, 1.82) is 0 Å². The number of hydrogen-bond donors (Lipinski definition) is 1. The fourth-order valence-corrected chi connectivity index (χ4v) is 1.58. The van der Waals surface area contributed by atoms with Gasteiger partial charge in [0.15, 0.2) is 0 Å². The summed E-state index contributed by atoms with van der Waals surface area (Å²) in [5.41, 5.74) is 0.990. The van der Waals surface area contributed by atoms with Crippen molar-refractivity contribution < 1.29 is 9.42 Å². The summed E-state index contributed by atoms with van der Waals surface area (Å²) in [4.78, 5) is 11.9. The molecular weight excluding hydrogens is 242 g/mol. The van der Waals surface area contributed by atoms with Crippen molar-refractivity contribution in [2.45, 2.75) is 13.3 Å². The topological polar surface area (TPSA) is 68.0 Å². The van der Waals surface area contributed by atoms with Crippen molar-refractivity contribution >= 4 is 23.3 Å². The maximum atomic E-state index is 11.9. The number of carbonyl (C=O) groups is 1. The van der Waals surface area contributed by atoms with Crippen molar-refractivity contribution in [3.63, 3.8) is 0 Å². The van der Waals surface area contributed by atoms with E-state index >= 15 is 0 Å². The first-order valence-electron chi connectivity index (χ1n) is 5.09. The van der Waals surface area contributed by atoms with Crippen molar-refractivity contribution in [3.05, 3.63) is 40.5 Å². The van der Waals surface area contributed by atoms with Crippen LogP contribution in [0.25, 0.3) is 0 Å². The molecule has 5 nitrogen and oxygen atoms in total. The van der Waals surface area contributed by atoms with Crippen LogP contribution in [0.1, 0.15) is 23.0 Å².